The number of rotatable bonds is 8. The molecule has 0 N–H and O–H groups in total. The minimum Gasteiger partial charge on any atom is -0.496 e. The van der Waals surface area contributed by atoms with Crippen molar-refractivity contribution in [2.24, 2.45) is 0 Å². The number of hydrogen-bond donors (Lipinski definition) is 0. The second kappa shape index (κ2) is 12.6. The Labute approximate surface area is 239 Å². The second-order valence-electron chi connectivity index (χ2n) is 11.1. The van der Waals surface area contributed by atoms with E-state index >= 15 is 4.39 Å². The molecule has 10 heteroatoms. The van der Waals surface area contributed by atoms with Crippen LogP contribution in [0.1, 0.15) is 73.0 Å². The fourth-order valence-corrected chi connectivity index (χ4v) is 5.44. The summed E-state index contributed by atoms with van der Waals surface area (Å²) in [6, 6.07) is 9.82. The first-order valence-corrected chi connectivity index (χ1v) is 13.7. The van der Waals surface area contributed by atoms with Crippen LogP contribution in [-0.2, 0) is 14.2 Å². The Morgan fingerprint density at radius 3 is 2.44 bits per heavy atom. The predicted molar refractivity (Wildman–Crippen MR) is 151 cm³/mol. The van der Waals surface area contributed by atoms with Crippen LogP contribution >= 0.6 is 0 Å². The van der Waals surface area contributed by atoms with Gasteiger partial charge >= 0.3 is 12.1 Å². The molecule has 0 spiro atoms. The number of carbonyl (C=O) groups excluding carboxylic acids is 2. The minimum atomic E-state index is -1.62. The highest BCUT2D eigenvalue weighted by molar-refractivity contribution is 5.95. The summed E-state index contributed by atoms with van der Waals surface area (Å²) in [5.41, 5.74) is 2.03. The van der Waals surface area contributed by atoms with Crippen molar-refractivity contribution < 1.29 is 37.3 Å². The van der Waals surface area contributed by atoms with Crippen LogP contribution in [0.4, 0.5) is 13.6 Å². The molecule has 0 bridgehead atoms. The molecule has 1 unspecified atom stereocenters. The third-order valence-electron chi connectivity index (χ3n) is 7.25. The van der Waals surface area contributed by atoms with Gasteiger partial charge in [0.2, 0.25) is 0 Å². The summed E-state index contributed by atoms with van der Waals surface area (Å²) in [5.74, 6) is -0.106. The van der Waals surface area contributed by atoms with E-state index in [-0.39, 0.29) is 12.7 Å². The van der Waals surface area contributed by atoms with E-state index in [9.17, 15) is 14.0 Å². The van der Waals surface area contributed by atoms with E-state index < -0.39 is 36.7 Å². The Hall–Kier alpha value is -3.50. The average molecular weight is 573 g/mol. The Bertz CT molecular complexity index is 1380. The summed E-state index contributed by atoms with van der Waals surface area (Å²) in [5, 5.41) is 0.538. The lowest BCUT2D eigenvalue weighted by atomic mass is 9.91. The first kappa shape index (κ1) is 30.5. The zero-order valence-electron chi connectivity index (χ0n) is 24.4. The number of benzene rings is 2. The van der Waals surface area contributed by atoms with Crippen molar-refractivity contribution >= 4 is 23.0 Å². The summed E-state index contributed by atoms with van der Waals surface area (Å²) in [6.45, 7) is 6.89. The number of likely N-dealkylation sites (tertiary alicyclic amines) is 1. The van der Waals surface area contributed by atoms with Crippen LogP contribution in [0.5, 0.6) is 5.75 Å². The molecule has 0 aliphatic carbocycles. The molecule has 0 saturated carbocycles. The van der Waals surface area contributed by atoms with Gasteiger partial charge in [-0.2, -0.15) is 0 Å². The maximum atomic E-state index is 16.9. The molecule has 1 aromatic heterocycles. The van der Waals surface area contributed by atoms with Gasteiger partial charge in [-0.25, -0.2) is 18.4 Å². The van der Waals surface area contributed by atoms with Gasteiger partial charge in [-0.15, -0.1) is 0 Å². The van der Waals surface area contributed by atoms with E-state index in [4.69, 9.17) is 18.9 Å². The quantitative estimate of drug-likeness (QED) is 0.220. The number of aryl methyl sites for hydroxylation is 1. The van der Waals surface area contributed by atoms with Gasteiger partial charge in [0.15, 0.2) is 6.30 Å². The third-order valence-corrected chi connectivity index (χ3v) is 7.25. The maximum absolute atomic E-state index is 16.9. The van der Waals surface area contributed by atoms with E-state index in [2.05, 4.69) is 0 Å². The monoisotopic (exact) mass is 572 g/mol. The lowest BCUT2D eigenvalue weighted by molar-refractivity contribution is -0.0582. The summed E-state index contributed by atoms with van der Waals surface area (Å²) >= 11 is 0. The van der Waals surface area contributed by atoms with Crippen LogP contribution in [-0.4, -0.2) is 67.3 Å². The summed E-state index contributed by atoms with van der Waals surface area (Å²) in [7, 11) is 2.80. The van der Waals surface area contributed by atoms with Crippen molar-refractivity contribution in [2.45, 2.75) is 64.6 Å². The first-order chi connectivity index (χ1) is 19.5. The van der Waals surface area contributed by atoms with Crippen molar-refractivity contribution in [3.05, 3.63) is 64.8 Å². The van der Waals surface area contributed by atoms with E-state index in [1.165, 1.54) is 18.8 Å². The maximum Gasteiger partial charge on any atom is 0.419 e. The zero-order valence-corrected chi connectivity index (χ0v) is 24.4. The summed E-state index contributed by atoms with van der Waals surface area (Å²) in [6.07, 6.45) is 0.0856. The molecule has 0 amide bonds. The molecule has 8 nitrogen and oxygen atoms in total. The predicted octanol–water partition coefficient (Wildman–Crippen LogP) is 6.69. The van der Waals surface area contributed by atoms with Gasteiger partial charge in [0, 0.05) is 24.2 Å². The number of alkyl halides is 2. The van der Waals surface area contributed by atoms with E-state index in [1.54, 1.807) is 68.3 Å². The van der Waals surface area contributed by atoms with Gasteiger partial charge in [0.05, 0.1) is 43.6 Å². The molecular formula is C31H38F2N2O6. The molecule has 3 aromatic rings. The molecule has 4 rings (SSSR count). The van der Waals surface area contributed by atoms with Crippen LogP contribution < -0.4 is 4.74 Å². The van der Waals surface area contributed by atoms with Crippen LogP contribution in [0, 0.1) is 6.92 Å². The smallest absolute Gasteiger partial charge is 0.419 e. The van der Waals surface area contributed by atoms with E-state index in [1.807, 2.05) is 6.92 Å². The number of fused-ring (bicyclic) bond motifs is 1. The summed E-state index contributed by atoms with van der Waals surface area (Å²) in [4.78, 5) is 26.7. The van der Waals surface area contributed by atoms with Crippen LogP contribution in [0.15, 0.2) is 42.6 Å². The van der Waals surface area contributed by atoms with Gasteiger partial charge in [-0.05, 0) is 75.9 Å². The average Bonchev–Trinajstić information content (AvgIpc) is 3.40. The number of esters is 1. The van der Waals surface area contributed by atoms with E-state index in [0.717, 1.165) is 11.1 Å². The van der Waals surface area contributed by atoms with Gasteiger partial charge in [0.1, 0.15) is 18.0 Å². The highest BCUT2D eigenvalue weighted by Gasteiger charge is 2.38. The van der Waals surface area contributed by atoms with Crippen molar-refractivity contribution in [1.82, 2.24) is 9.47 Å². The van der Waals surface area contributed by atoms with Crippen LogP contribution in [0.3, 0.4) is 0 Å². The fraction of sp³-hybridized carbons (Fsp3) is 0.484. The third kappa shape index (κ3) is 6.54. The molecule has 2 heterocycles. The largest absolute Gasteiger partial charge is 0.496 e. The Kier molecular flexibility index (Phi) is 9.34. The van der Waals surface area contributed by atoms with Gasteiger partial charge in [-0.3, -0.25) is 9.47 Å². The Morgan fingerprint density at radius 1 is 1.12 bits per heavy atom. The summed E-state index contributed by atoms with van der Waals surface area (Å²) < 4.78 is 53.0. The van der Waals surface area contributed by atoms with Crippen molar-refractivity contribution in [2.75, 3.05) is 34.0 Å². The number of piperidine rings is 1. The van der Waals surface area contributed by atoms with Crippen LogP contribution in [0.25, 0.3) is 10.9 Å². The molecule has 41 heavy (non-hydrogen) atoms. The lowest BCUT2D eigenvalue weighted by Gasteiger charge is -2.41. The van der Waals surface area contributed by atoms with Crippen molar-refractivity contribution in [3.8, 4) is 5.75 Å². The molecule has 3 atom stereocenters. The number of methoxy groups -OCH3 is 2. The standard InChI is InChI=1S/C31H38F2N2O6/c1-19-17-25(38-5)26(23-12-15-35(27(19)23)30(37)41-31(2,3)4)28(33)34-14-11-22(40-16-13-32)18-24(34)20-7-9-21(10-8-20)29(36)39-6/h7-10,12,15,17,22,24,28H,11,13-14,16,18H2,1-6H3/t22-,24-,28?/m0/s1. The van der Waals surface area contributed by atoms with Crippen molar-refractivity contribution in [1.29, 1.82) is 0 Å². The Morgan fingerprint density at radius 2 is 1.83 bits per heavy atom. The number of hydrogen-bond acceptors (Lipinski definition) is 7. The van der Waals surface area contributed by atoms with Crippen LogP contribution in [0.2, 0.25) is 0 Å². The fourth-order valence-electron chi connectivity index (χ4n) is 5.44. The number of aromatic nitrogens is 1. The zero-order chi connectivity index (χ0) is 29.9. The molecular weight excluding hydrogens is 534 g/mol. The molecule has 1 aliphatic heterocycles. The Balaban J connectivity index is 1.77. The molecule has 1 aliphatic rings. The topological polar surface area (TPSA) is 79.2 Å². The highest BCUT2D eigenvalue weighted by atomic mass is 19.1. The molecule has 222 valence electrons. The van der Waals surface area contributed by atoms with Gasteiger partial charge < -0.3 is 18.9 Å². The molecule has 1 fully saturated rings. The highest BCUT2D eigenvalue weighted by Crippen LogP contribution is 2.45. The lowest BCUT2D eigenvalue weighted by Crippen LogP contribution is -2.41. The first-order valence-electron chi connectivity index (χ1n) is 13.7. The second-order valence-corrected chi connectivity index (χ2v) is 11.1. The normalized spacial score (nSPS) is 18.7. The van der Waals surface area contributed by atoms with Gasteiger partial charge in [0.25, 0.3) is 0 Å². The SMILES string of the molecule is COC(=O)c1ccc([C@@H]2C[C@@H](OCCF)CCN2C(F)c2c(OC)cc(C)c3c2ccn3C(=O)OC(C)(C)C)cc1. The molecule has 2 aromatic carbocycles. The number of ether oxygens (including phenoxy) is 4. The molecule has 0 radical (unpaired) electrons. The number of halogens is 2. The van der Waals surface area contributed by atoms with E-state index in [0.29, 0.717) is 47.2 Å². The van der Waals surface area contributed by atoms with Gasteiger partial charge in [-0.1, -0.05) is 12.1 Å². The minimum absolute atomic E-state index is 0.0255. The van der Waals surface area contributed by atoms with Crippen molar-refractivity contribution in [3.63, 3.8) is 0 Å². The molecule has 1 saturated heterocycles. The number of nitrogens with zero attached hydrogens (tertiary/aromatic N) is 2. The number of carbonyl (C=O) groups is 2.